The van der Waals surface area contributed by atoms with Crippen LogP contribution in [0.2, 0.25) is 0 Å². The molecule has 0 bridgehead atoms. The van der Waals surface area contributed by atoms with Crippen molar-refractivity contribution in [2.24, 2.45) is 0 Å². The fraction of sp³-hybridized carbons (Fsp3) is 0.0476. The number of benzene rings is 8. The van der Waals surface area contributed by atoms with Gasteiger partial charge in [0.1, 0.15) is 11.5 Å². The van der Waals surface area contributed by atoms with Crippen molar-refractivity contribution in [2.45, 2.75) is 13.8 Å². The molecule has 0 aromatic heterocycles. The Balaban J connectivity index is 1.49. The van der Waals surface area contributed by atoms with Crippen molar-refractivity contribution in [3.05, 3.63) is 151 Å². The molecular formula is C42H29BO. The Kier molecular flexibility index (Phi) is 5.49. The van der Waals surface area contributed by atoms with Gasteiger partial charge in [-0.15, -0.1) is 0 Å². The number of aryl methyl sites for hydroxylation is 2. The second-order valence-electron chi connectivity index (χ2n) is 12.1. The first-order valence-electron chi connectivity index (χ1n) is 15.4. The minimum absolute atomic E-state index is 0.0353. The van der Waals surface area contributed by atoms with Crippen molar-refractivity contribution in [2.75, 3.05) is 0 Å². The largest absolute Gasteiger partial charge is 0.458 e. The quantitative estimate of drug-likeness (QED) is 0.155. The Bertz CT molecular complexity index is 2350. The van der Waals surface area contributed by atoms with Crippen LogP contribution in [-0.2, 0) is 0 Å². The lowest BCUT2D eigenvalue weighted by molar-refractivity contribution is 0.493. The second-order valence-corrected chi connectivity index (χ2v) is 12.1. The van der Waals surface area contributed by atoms with Gasteiger partial charge in [-0.3, -0.25) is 0 Å². The van der Waals surface area contributed by atoms with E-state index >= 15 is 0 Å². The van der Waals surface area contributed by atoms with Gasteiger partial charge in [0, 0.05) is 10.8 Å². The molecule has 8 aromatic carbocycles. The molecule has 2 heteroatoms. The maximum absolute atomic E-state index is 7.04. The van der Waals surface area contributed by atoms with Gasteiger partial charge in [-0.05, 0) is 80.7 Å². The Morgan fingerprint density at radius 3 is 1.89 bits per heavy atom. The van der Waals surface area contributed by atoms with E-state index < -0.39 is 0 Å². The van der Waals surface area contributed by atoms with E-state index in [4.69, 9.17) is 4.74 Å². The molecule has 8 aromatic rings. The van der Waals surface area contributed by atoms with E-state index in [1.807, 2.05) is 0 Å². The van der Waals surface area contributed by atoms with Gasteiger partial charge >= 0.3 is 0 Å². The number of fused-ring (bicyclic) bond motifs is 3. The fourth-order valence-corrected chi connectivity index (χ4v) is 7.78. The molecule has 0 radical (unpaired) electrons. The molecule has 0 fully saturated rings. The second kappa shape index (κ2) is 9.59. The molecule has 1 aliphatic rings. The van der Waals surface area contributed by atoms with Crippen molar-refractivity contribution in [1.29, 1.82) is 0 Å². The summed E-state index contributed by atoms with van der Waals surface area (Å²) in [6.07, 6.45) is 0. The van der Waals surface area contributed by atoms with Crippen LogP contribution in [0.25, 0.3) is 54.6 Å². The Morgan fingerprint density at radius 2 is 1.11 bits per heavy atom. The third kappa shape index (κ3) is 3.55. The average Bonchev–Trinajstić information content (AvgIpc) is 3.07. The predicted octanol–water partition coefficient (Wildman–Crippen LogP) is 9.16. The summed E-state index contributed by atoms with van der Waals surface area (Å²) in [7, 11) is 0. The third-order valence-electron chi connectivity index (χ3n) is 9.65. The molecule has 0 saturated heterocycles. The summed E-state index contributed by atoms with van der Waals surface area (Å²) in [5, 5.41) is 7.53. The summed E-state index contributed by atoms with van der Waals surface area (Å²) in [4.78, 5) is 0. The normalized spacial score (nSPS) is 12.5. The van der Waals surface area contributed by atoms with Crippen molar-refractivity contribution in [3.8, 4) is 33.8 Å². The first kappa shape index (κ1) is 25.2. The zero-order chi connectivity index (χ0) is 29.4. The van der Waals surface area contributed by atoms with Crippen LogP contribution in [0.15, 0.2) is 140 Å². The monoisotopic (exact) mass is 560 g/mol. The van der Waals surface area contributed by atoms with Crippen LogP contribution in [0, 0.1) is 13.8 Å². The summed E-state index contributed by atoms with van der Waals surface area (Å²) >= 11 is 0. The molecule has 0 amide bonds. The lowest BCUT2D eigenvalue weighted by atomic mass is 9.33. The standard InChI is InChI=1S/C42H29BO/c1-26-12-11-13-27(2)40(26)43-35-18-9-10-19-36(35)44-42-34-25-24-32-31(28-14-5-3-6-15-28)22-20-30-21-23-33(39(34)37(30)32)38(41(42)43)29-16-7-4-8-17-29/h3-25H,1-2H3. The highest BCUT2D eigenvalue weighted by atomic mass is 16.5. The lowest BCUT2D eigenvalue weighted by Gasteiger charge is -2.33. The molecule has 0 N–H and O–H groups in total. The Labute approximate surface area is 257 Å². The number of hydrogen-bond donors (Lipinski definition) is 0. The van der Waals surface area contributed by atoms with Crippen molar-refractivity contribution in [3.63, 3.8) is 0 Å². The number of para-hydroxylation sites is 1. The molecule has 0 aliphatic carbocycles. The van der Waals surface area contributed by atoms with Gasteiger partial charge in [-0.1, -0.05) is 144 Å². The minimum atomic E-state index is 0.0353. The van der Waals surface area contributed by atoms with Gasteiger partial charge in [0.2, 0.25) is 0 Å². The highest BCUT2D eigenvalue weighted by Gasteiger charge is 2.38. The van der Waals surface area contributed by atoms with Gasteiger partial charge in [0.25, 0.3) is 6.71 Å². The molecule has 0 saturated carbocycles. The molecule has 0 spiro atoms. The van der Waals surface area contributed by atoms with Crippen LogP contribution in [-0.4, -0.2) is 6.71 Å². The van der Waals surface area contributed by atoms with Crippen LogP contribution in [0.3, 0.4) is 0 Å². The topological polar surface area (TPSA) is 9.23 Å². The van der Waals surface area contributed by atoms with E-state index in [1.54, 1.807) is 0 Å². The molecule has 9 rings (SSSR count). The number of ether oxygens (including phenoxy) is 1. The summed E-state index contributed by atoms with van der Waals surface area (Å²) < 4.78 is 7.04. The van der Waals surface area contributed by atoms with Crippen molar-refractivity contribution >= 4 is 55.4 Å². The molecule has 1 heterocycles. The van der Waals surface area contributed by atoms with Crippen LogP contribution in [0.1, 0.15) is 11.1 Å². The number of hydrogen-bond acceptors (Lipinski definition) is 1. The molecule has 0 unspecified atom stereocenters. The zero-order valence-corrected chi connectivity index (χ0v) is 24.8. The van der Waals surface area contributed by atoms with Gasteiger partial charge in [0.05, 0.1) is 0 Å². The molecule has 206 valence electrons. The summed E-state index contributed by atoms with van der Waals surface area (Å²) in [6, 6.07) is 50.8. The fourth-order valence-electron chi connectivity index (χ4n) is 7.78. The highest BCUT2D eigenvalue weighted by Crippen LogP contribution is 2.46. The molecule has 0 atom stereocenters. The molecule has 44 heavy (non-hydrogen) atoms. The lowest BCUT2D eigenvalue weighted by Crippen LogP contribution is -2.57. The Hall–Kier alpha value is -5.34. The third-order valence-corrected chi connectivity index (χ3v) is 9.65. The van der Waals surface area contributed by atoms with Crippen LogP contribution < -0.4 is 21.1 Å². The highest BCUT2D eigenvalue weighted by molar-refractivity contribution is 6.98. The van der Waals surface area contributed by atoms with Crippen LogP contribution >= 0.6 is 0 Å². The Morgan fingerprint density at radius 1 is 0.477 bits per heavy atom. The SMILES string of the molecule is Cc1cccc(C)c1B1c2ccccc2Oc2c1c(-c1ccccc1)c1ccc3ccc(-c4ccccc4)c4ccc2c1c34. The van der Waals surface area contributed by atoms with Crippen LogP contribution in [0.4, 0.5) is 0 Å². The first-order valence-corrected chi connectivity index (χ1v) is 15.4. The maximum atomic E-state index is 7.04. The maximum Gasteiger partial charge on any atom is 0.252 e. The van der Waals surface area contributed by atoms with E-state index in [0.29, 0.717) is 0 Å². The minimum Gasteiger partial charge on any atom is -0.458 e. The van der Waals surface area contributed by atoms with E-state index in [2.05, 4.69) is 153 Å². The first-order chi connectivity index (χ1) is 21.7. The number of rotatable bonds is 3. The summed E-state index contributed by atoms with van der Waals surface area (Å²) in [5.74, 6) is 1.91. The van der Waals surface area contributed by atoms with E-state index in [9.17, 15) is 0 Å². The van der Waals surface area contributed by atoms with Crippen molar-refractivity contribution in [1.82, 2.24) is 0 Å². The smallest absolute Gasteiger partial charge is 0.252 e. The predicted molar refractivity (Wildman–Crippen MR) is 188 cm³/mol. The van der Waals surface area contributed by atoms with Gasteiger partial charge < -0.3 is 4.74 Å². The van der Waals surface area contributed by atoms with E-state index in [-0.39, 0.29) is 6.71 Å². The summed E-state index contributed by atoms with van der Waals surface area (Å²) in [5.41, 5.74) is 11.4. The average molecular weight is 561 g/mol. The van der Waals surface area contributed by atoms with Gasteiger partial charge in [-0.25, -0.2) is 0 Å². The van der Waals surface area contributed by atoms with E-state index in [1.165, 1.54) is 82.1 Å². The summed E-state index contributed by atoms with van der Waals surface area (Å²) in [6.45, 7) is 4.53. The van der Waals surface area contributed by atoms with Gasteiger partial charge in [0.15, 0.2) is 0 Å². The molecular weight excluding hydrogens is 531 g/mol. The van der Waals surface area contributed by atoms with Crippen LogP contribution in [0.5, 0.6) is 11.5 Å². The van der Waals surface area contributed by atoms with Crippen molar-refractivity contribution < 1.29 is 4.74 Å². The molecule has 1 aliphatic heterocycles. The van der Waals surface area contributed by atoms with E-state index in [0.717, 1.165) is 11.5 Å². The molecule has 1 nitrogen and oxygen atoms in total. The van der Waals surface area contributed by atoms with Gasteiger partial charge in [-0.2, -0.15) is 0 Å². The zero-order valence-electron chi connectivity index (χ0n) is 24.8.